The van der Waals surface area contributed by atoms with Gasteiger partial charge in [0.1, 0.15) is 5.82 Å². The smallest absolute Gasteiger partial charge is 0.253 e. The average Bonchev–Trinajstić information content (AvgIpc) is 2.47. The normalized spacial score (nSPS) is 19.3. The van der Waals surface area contributed by atoms with Crippen molar-refractivity contribution in [1.29, 1.82) is 0 Å². The van der Waals surface area contributed by atoms with Crippen LogP contribution in [0, 0.1) is 5.82 Å². The lowest BCUT2D eigenvalue weighted by atomic mass is 10.1. The van der Waals surface area contributed by atoms with Crippen molar-refractivity contribution in [2.45, 2.75) is 13.0 Å². The Morgan fingerprint density at radius 1 is 1.52 bits per heavy atom. The van der Waals surface area contributed by atoms with Gasteiger partial charge < -0.3 is 20.3 Å². The lowest BCUT2D eigenvalue weighted by Crippen LogP contribution is -2.46. The maximum atomic E-state index is 13.8. The minimum atomic E-state index is -0.418. The minimum absolute atomic E-state index is 0.0242. The van der Waals surface area contributed by atoms with E-state index in [2.05, 4.69) is 15.5 Å². The highest BCUT2D eigenvalue weighted by molar-refractivity contribution is 5.99. The summed E-state index contributed by atoms with van der Waals surface area (Å²) in [6.45, 7) is 5.19. The van der Waals surface area contributed by atoms with E-state index >= 15 is 0 Å². The van der Waals surface area contributed by atoms with Crippen molar-refractivity contribution in [2.24, 2.45) is 0 Å². The first-order valence-corrected chi connectivity index (χ1v) is 7.22. The molecule has 21 heavy (non-hydrogen) atoms. The average molecular weight is 295 g/mol. The number of carbonyl (C=O) groups excluding carboxylic acids is 1. The second-order valence-corrected chi connectivity index (χ2v) is 5.16. The minimum Gasteiger partial charge on any atom is -0.382 e. The molecule has 6 heteroatoms. The molecule has 0 radical (unpaired) electrons. The number of amides is 1. The van der Waals surface area contributed by atoms with E-state index in [0.717, 1.165) is 13.1 Å². The molecule has 0 aliphatic carbocycles. The number of anilines is 1. The van der Waals surface area contributed by atoms with Gasteiger partial charge in [0.2, 0.25) is 0 Å². The molecule has 1 aliphatic rings. The zero-order chi connectivity index (χ0) is 15.2. The number of ether oxygens (including phenoxy) is 1. The molecule has 1 atom stereocenters. The van der Waals surface area contributed by atoms with Gasteiger partial charge in [0.25, 0.3) is 5.91 Å². The van der Waals surface area contributed by atoms with Crippen LogP contribution in [-0.4, -0.2) is 56.7 Å². The van der Waals surface area contributed by atoms with E-state index in [1.165, 1.54) is 12.1 Å². The number of halogens is 1. The van der Waals surface area contributed by atoms with Crippen LogP contribution in [0.4, 0.5) is 10.1 Å². The van der Waals surface area contributed by atoms with E-state index in [4.69, 9.17) is 4.74 Å². The summed E-state index contributed by atoms with van der Waals surface area (Å²) in [5.74, 6) is -0.708. The Bertz CT molecular complexity index is 496. The summed E-state index contributed by atoms with van der Waals surface area (Å²) >= 11 is 0. The molecular formula is C15H22FN3O2. The Balaban J connectivity index is 1.98. The highest BCUT2D eigenvalue weighted by Crippen LogP contribution is 2.19. The molecule has 0 spiro atoms. The topological polar surface area (TPSA) is 53.6 Å². The van der Waals surface area contributed by atoms with Crippen LogP contribution in [0.3, 0.4) is 0 Å². The van der Waals surface area contributed by atoms with Crippen LogP contribution in [0.5, 0.6) is 0 Å². The van der Waals surface area contributed by atoms with Crippen molar-refractivity contribution in [3.05, 3.63) is 29.6 Å². The Morgan fingerprint density at radius 2 is 2.33 bits per heavy atom. The van der Waals surface area contributed by atoms with Gasteiger partial charge in [-0.1, -0.05) is 6.07 Å². The van der Waals surface area contributed by atoms with Crippen LogP contribution < -0.4 is 10.6 Å². The molecule has 2 N–H and O–H groups in total. The number of nitrogens with one attached hydrogen (secondary N) is 2. The van der Waals surface area contributed by atoms with E-state index in [-0.39, 0.29) is 17.7 Å². The van der Waals surface area contributed by atoms with E-state index in [1.54, 1.807) is 6.07 Å². The summed E-state index contributed by atoms with van der Waals surface area (Å²) in [6, 6.07) is 4.49. The molecule has 2 rings (SSSR count). The number of hydrogen-bond donors (Lipinski definition) is 2. The van der Waals surface area contributed by atoms with Crippen LogP contribution >= 0.6 is 0 Å². The SMILES string of the molecule is CCNc1c(F)cccc1C(=O)NCC1CN(C)CCO1. The van der Waals surface area contributed by atoms with Crippen molar-refractivity contribution in [2.75, 3.05) is 45.2 Å². The van der Waals surface area contributed by atoms with Gasteiger partial charge in [0.15, 0.2) is 0 Å². The Hall–Kier alpha value is -1.66. The number of rotatable bonds is 5. The fourth-order valence-corrected chi connectivity index (χ4v) is 2.36. The fraction of sp³-hybridized carbons (Fsp3) is 0.533. The van der Waals surface area contributed by atoms with Crippen LogP contribution in [0.1, 0.15) is 17.3 Å². The first-order chi connectivity index (χ1) is 10.1. The number of morpholine rings is 1. The van der Waals surface area contributed by atoms with Gasteiger partial charge in [0, 0.05) is 26.2 Å². The molecule has 1 aliphatic heterocycles. The third-order valence-corrected chi connectivity index (χ3v) is 3.44. The van der Waals surface area contributed by atoms with Crippen molar-refractivity contribution in [3.8, 4) is 0 Å². The van der Waals surface area contributed by atoms with Crippen molar-refractivity contribution < 1.29 is 13.9 Å². The van der Waals surface area contributed by atoms with Gasteiger partial charge in [-0.05, 0) is 26.1 Å². The summed E-state index contributed by atoms with van der Waals surface area (Å²) in [5, 5.41) is 5.71. The molecule has 0 aromatic heterocycles. The predicted molar refractivity (Wildman–Crippen MR) is 80.1 cm³/mol. The molecule has 116 valence electrons. The molecule has 1 aromatic carbocycles. The van der Waals surface area contributed by atoms with Crippen LogP contribution in [-0.2, 0) is 4.74 Å². The van der Waals surface area contributed by atoms with Crippen LogP contribution in [0.25, 0.3) is 0 Å². The molecule has 1 heterocycles. The zero-order valence-corrected chi connectivity index (χ0v) is 12.5. The first-order valence-electron chi connectivity index (χ1n) is 7.22. The van der Waals surface area contributed by atoms with E-state index in [0.29, 0.717) is 25.3 Å². The van der Waals surface area contributed by atoms with Gasteiger partial charge in [-0.2, -0.15) is 0 Å². The van der Waals surface area contributed by atoms with Crippen LogP contribution in [0.15, 0.2) is 18.2 Å². The van der Waals surface area contributed by atoms with Crippen molar-refractivity contribution in [3.63, 3.8) is 0 Å². The molecule has 0 saturated carbocycles. The van der Waals surface area contributed by atoms with Crippen molar-refractivity contribution >= 4 is 11.6 Å². The molecule has 1 unspecified atom stereocenters. The second kappa shape index (κ2) is 7.38. The van der Waals surface area contributed by atoms with E-state index in [9.17, 15) is 9.18 Å². The van der Waals surface area contributed by atoms with E-state index in [1.807, 2.05) is 14.0 Å². The molecule has 1 fully saturated rings. The zero-order valence-electron chi connectivity index (χ0n) is 12.5. The maximum absolute atomic E-state index is 13.8. The summed E-state index contributed by atoms with van der Waals surface area (Å²) < 4.78 is 19.4. The summed E-state index contributed by atoms with van der Waals surface area (Å²) in [7, 11) is 2.02. The Labute approximate surface area is 124 Å². The highest BCUT2D eigenvalue weighted by Gasteiger charge is 2.20. The Morgan fingerprint density at radius 3 is 3.05 bits per heavy atom. The van der Waals surface area contributed by atoms with Gasteiger partial charge in [-0.3, -0.25) is 4.79 Å². The van der Waals surface area contributed by atoms with Gasteiger partial charge in [-0.15, -0.1) is 0 Å². The molecule has 1 aromatic rings. The number of para-hydroxylation sites is 1. The Kier molecular flexibility index (Phi) is 5.52. The lowest BCUT2D eigenvalue weighted by molar-refractivity contribution is -0.0175. The second-order valence-electron chi connectivity index (χ2n) is 5.16. The summed E-state index contributed by atoms with van der Waals surface area (Å²) in [5.41, 5.74) is 0.570. The molecule has 0 bridgehead atoms. The molecule has 1 amide bonds. The summed E-state index contributed by atoms with van der Waals surface area (Å²) in [6.07, 6.45) is -0.0242. The number of benzene rings is 1. The highest BCUT2D eigenvalue weighted by atomic mass is 19.1. The van der Waals surface area contributed by atoms with Gasteiger partial charge >= 0.3 is 0 Å². The lowest BCUT2D eigenvalue weighted by Gasteiger charge is -2.30. The third-order valence-electron chi connectivity index (χ3n) is 3.44. The maximum Gasteiger partial charge on any atom is 0.253 e. The molecule has 5 nitrogen and oxygen atoms in total. The third kappa shape index (κ3) is 4.15. The fourth-order valence-electron chi connectivity index (χ4n) is 2.36. The number of carbonyl (C=O) groups is 1. The van der Waals surface area contributed by atoms with E-state index < -0.39 is 5.82 Å². The number of nitrogens with zero attached hydrogens (tertiary/aromatic N) is 1. The molecular weight excluding hydrogens is 273 g/mol. The number of likely N-dealkylation sites (N-methyl/N-ethyl adjacent to an activating group) is 1. The first kappa shape index (κ1) is 15.7. The quantitative estimate of drug-likeness (QED) is 0.860. The standard InChI is InChI=1S/C15H22FN3O2/c1-3-17-14-12(5-4-6-13(14)16)15(20)18-9-11-10-19(2)7-8-21-11/h4-6,11,17H,3,7-10H2,1-2H3,(H,18,20). The van der Waals surface area contributed by atoms with Gasteiger partial charge in [0.05, 0.1) is 24.0 Å². The molecule has 1 saturated heterocycles. The number of hydrogen-bond acceptors (Lipinski definition) is 4. The summed E-state index contributed by atoms with van der Waals surface area (Å²) in [4.78, 5) is 14.4. The van der Waals surface area contributed by atoms with Crippen molar-refractivity contribution in [1.82, 2.24) is 10.2 Å². The largest absolute Gasteiger partial charge is 0.382 e. The van der Waals surface area contributed by atoms with Gasteiger partial charge in [-0.25, -0.2) is 4.39 Å². The van der Waals surface area contributed by atoms with Crippen LogP contribution in [0.2, 0.25) is 0 Å². The predicted octanol–water partition coefficient (Wildman–Crippen LogP) is 1.32. The monoisotopic (exact) mass is 295 g/mol.